The number of methoxy groups -OCH3 is 1. The van der Waals surface area contributed by atoms with Gasteiger partial charge in [-0.05, 0) is 67.6 Å². The molecule has 232 valence electrons. The summed E-state index contributed by atoms with van der Waals surface area (Å²) < 4.78 is 10.0. The van der Waals surface area contributed by atoms with E-state index in [9.17, 15) is 4.79 Å². The van der Waals surface area contributed by atoms with Gasteiger partial charge in [0.25, 0.3) is 0 Å². The first-order valence-corrected chi connectivity index (χ1v) is 15.2. The second-order valence-corrected chi connectivity index (χ2v) is 10.8. The summed E-state index contributed by atoms with van der Waals surface area (Å²) >= 11 is 0. The lowest BCUT2D eigenvalue weighted by Crippen LogP contribution is -2.51. The highest BCUT2D eigenvalue weighted by Crippen LogP contribution is 2.27. The molecule has 0 aliphatic heterocycles. The van der Waals surface area contributed by atoms with Crippen LogP contribution in [0.25, 0.3) is 22.5 Å². The van der Waals surface area contributed by atoms with Gasteiger partial charge >= 0.3 is 6.09 Å². The van der Waals surface area contributed by atoms with E-state index in [1.165, 1.54) is 11.1 Å². The van der Waals surface area contributed by atoms with Crippen LogP contribution in [0.2, 0.25) is 0 Å². The smallest absolute Gasteiger partial charge is 0.404 e. The molecule has 5 N–H and O–H groups in total. The van der Waals surface area contributed by atoms with Crippen molar-refractivity contribution in [1.29, 1.82) is 0 Å². The molecule has 0 aliphatic carbocycles. The molecule has 2 aromatic heterocycles. The first-order valence-electron chi connectivity index (χ1n) is 15.2. The van der Waals surface area contributed by atoms with Gasteiger partial charge in [-0.2, -0.15) is 0 Å². The zero-order chi connectivity index (χ0) is 30.9. The number of nitrogens with zero attached hydrogens (tertiary/aromatic N) is 2. The maximum Gasteiger partial charge on any atom is 0.404 e. The molecule has 9 heteroatoms. The van der Waals surface area contributed by atoms with Crippen LogP contribution in [0.4, 0.5) is 4.79 Å². The third kappa shape index (κ3) is 10.8. The largest absolute Gasteiger partial charge is 0.448 e. The number of aromatic nitrogens is 2. The van der Waals surface area contributed by atoms with E-state index in [4.69, 9.17) is 15.2 Å². The number of amides is 1. The summed E-state index contributed by atoms with van der Waals surface area (Å²) in [5, 5.41) is 10.6. The number of pyridine rings is 2. The highest BCUT2D eigenvalue weighted by atomic mass is 16.5. The molecule has 9 nitrogen and oxygen atoms in total. The van der Waals surface area contributed by atoms with E-state index >= 15 is 0 Å². The predicted octanol–water partition coefficient (Wildman–Crippen LogP) is 4.58. The minimum absolute atomic E-state index is 0.209. The van der Waals surface area contributed by atoms with E-state index < -0.39 is 6.09 Å². The van der Waals surface area contributed by atoms with Gasteiger partial charge < -0.3 is 25.8 Å². The van der Waals surface area contributed by atoms with Crippen LogP contribution in [0.3, 0.4) is 0 Å². The Balaban J connectivity index is 1.54. The first kappa shape index (κ1) is 32.8. The SMILES string of the molecule is COCNCCNC(CCCNCCOC(N)=O)(Cc1ccc(-c2ccccn2)cc1)Cc1ccc(-c2ccccn2)cc1. The molecule has 0 unspecified atom stereocenters. The van der Waals surface area contributed by atoms with Crippen molar-refractivity contribution in [2.75, 3.05) is 46.6 Å². The van der Waals surface area contributed by atoms with Gasteiger partial charge in [0.1, 0.15) is 6.61 Å². The first-order chi connectivity index (χ1) is 21.6. The lowest BCUT2D eigenvalue weighted by molar-refractivity contribution is 0.157. The molecule has 0 aliphatic rings. The van der Waals surface area contributed by atoms with Crippen LogP contribution in [-0.2, 0) is 22.3 Å². The number of ether oxygens (including phenoxy) is 2. The summed E-state index contributed by atoms with van der Waals surface area (Å²) in [6.07, 6.45) is 6.48. The van der Waals surface area contributed by atoms with Crippen molar-refractivity contribution in [2.24, 2.45) is 5.73 Å². The Labute approximate surface area is 260 Å². The molecule has 0 bridgehead atoms. The van der Waals surface area contributed by atoms with E-state index in [2.05, 4.69) is 74.4 Å². The molecule has 0 spiro atoms. The average Bonchev–Trinajstić information content (AvgIpc) is 3.05. The van der Waals surface area contributed by atoms with E-state index in [-0.39, 0.29) is 12.1 Å². The summed E-state index contributed by atoms with van der Waals surface area (Å²) in [4.78, 5) is 19.9. The predicted molar refractivity (Wildman–Crippen MR) is 175 cm³/mol. The number of nitrogens with one attached hydrogen (secondary N) is 3. The molecule has 2 heterocycles. The van der Waals surface area contributed by atoms with Crippen molar-refractivity contribution >= 4 is 6.09 Å². The Morgan fingerprint density at radius 1 is 0.750 bits per heavy atom. The van der Waals surface area contributed by atoms with E-state index in [1.54, 1.807) is 7.11 Å². The van der Waals surface area contributed by atoms with Gasteiger partial charge in [0, 0.05) is 55.8 Å². The Morgan fingerprint density at radius 3 is 1.84 bits per heavy atom. The number of benzene rings is 2. The van der Waals surface area contributed by atoms with E-state index in [0.717, 1.165) is 67.8 Å². The molecule has 1 amide bonds. The number of hydrogen-bond donors (Lipinski definition) is 4. The number of nitrogens with two attached hydrogens (primary N) is 1. The summed E-state index contributed by atoms with van der Waals surface area (Å²) in [5.41, 5.74) is 11.5. The van der Waals surface area contributed by atoms with Gasteiger partial charge in [-0.25, -0.2) is 4.79 Å². The zero-order valence-electron chi connectivity index (χ0n) is 25.5. The Bertz CT molecular complexity index is 1280. The van der Waals surface area contributed by atoms with Crippen molar-refractivity contribution in [3.63, 3.8) is 0 Å². The number of hydrogen-bond acceptors (Lipinski definition) is 8. The summed E-state index contributed by atoms with van der Waals surface area (Å²) in [7, 11) is 1.69. The summed E-state index contributed by atoms with van der Waals surface area (Å²) in [6, 6.07) is 29.4. The van der Waals surface area contributed by atoms with E-state index in [1.807, 2.05) is 48.8 Å². The van der Waals surface area contributed by atoms with Gasteiger partial charge in [0.2, 0.25) is 0 Å². The molecule has 0 radical (unpaired) electrons. The number of rotatable bonds is 19. The summed E-state index contributed by atoms with van der Waals surface area (Å²) in [6.45, 7) is 3.71. The summed E-state index contributed by atoms with van der Waals surface area (Å²) in [5.74, 6) is 0. The monoisotopic (exact) mass is 596 g/mol. The second-order valence-electron chi connectivity index (χ2n) is 10.8. The van der Waals surface area contributed by atoms with Crippen molar-refractivity contribution in [2.45, 2.75) is 31.2 Å². The minimum Gasteiger partial charge on any atom is -0.448 e. The number of carbonyl (C=O) groups is 1. The molecule has 0 saturated heterocycles. The number of primary amides is 1. The van der Waals surface area contributed by atoms with Gasteiger partial charge in [0.05, 0.1) is 18.1 Å². The van der Waals surface area contributed by atoms with Crippen LogP contribution in [0.5, 0.6) is 0 Å². The molecule has 4 rings (SSSR count). The third-order valence-corrected chi connectivity index (χ3v) is 7.49. The van der Waals surface area contributed by atoms with Crippen LogP contribution in [0.1, 0.15) is 24.0 Å². The van der Waals surface area contributed by atoms with Crippen molar-refractivity contribution in [1.82, 2.24) is 25.9 Å². The van der Waals surface area contributed by atoms with Crippen LogP contribution < -0.4 is 21.7 Å². The Hall–Kier alpha value is -4.15. The lowest BCUT2D eigenvalue weighted by Gasteiger charge is -2.36. The van der Waals surface area contributed by atoms with Gasteiger partial charge in [-0.15, -0.1) is 0 Å². The molecule has 44 heavy (non-hydrogen) atoms. The van der Waals surface area contributed by atoms with Gasteiger partial charge in [0.15, 0.2) is 0 Å². The van der Waals surface area contributed by atoms with Crippen LogP contribution in [0.15, 0.2) is 97.3 Å². The van der Waals surface area contributed by atoms with Crippen LogP contribution in [-0.4, -0.2) is 68.2 Å². The van der Waals surface area contributed by atoms with Crippen LogP contribution in [0, 0.1) is 0 Å². The van der Waals surface area contributed by atoms with Gasteiger partial charge in [-0.1, -0.05) is 60.7 Å². The third-order valence-electron chi connectivity index (χ3n) is 7.49. The number of carbonyl (C=O) groups excluding carboxylic acids is 1. The molecule has 0 atom stereocenters. The minimum atomic E-state index is -0.750. The van der Waals surface area contributed by atoms with Gasteiger partial charge in [-0.3, -0.25) is 15.3 Å². The van der Waals surface area contributed by atoms with Crippen LogP contribution >= 0.6 is 0 Å². The molecule has 4 aromatic rings. The average molecular weight is 597 g/mol. The maximum absolute atomic E-state index is 10.9. The van der Waals surface area contributed by atoms with Crippen molar-refractivity contribution in [3.05, 3.63) is 108 Å². The molecular weight excluding hydrogens is 552 g/mol. The maximum atomic E-state index is 10.9. The van der Waals surface area contributed by atoms with Crippen molar-refractivity contribution < 1.29 is 14.3 Å². The standard InChI is InChI=1S/C35H44N6O3/c1-43-27-38-21-22-41-35(17-6-18-37-23-24-44-34(36)42,25-28-9-13-30(14-10-28)32-7-2-4-19-39-32)26-29-11-15-31(16-12-29)33-8-3-5-20-40-33/h2-5,7-16,19-20,37-38,41H,6,17-18,21-27H2,1H3,(H2,36,42). The Kier molecular flexibility index (Phi) is 13.3. The normalized spacial score (nSPS) is 11.4. The molecular formula is C35H44N6O3. The molecule has 0 saturated carbocycles. The Morgan fingerprint density at radius 2 is 1.34 bits per heavy atom. The fraction of sp³-hybridized carbons (Fsp3) is 0.343. The van der Waals surface area contributed by atoms with E-state index in [0.29, 0.717) is 13.3 Å². The fourth-order valence-electron chi connectivity index (χ4n) is 5.38. The zero-order valence-corrected chi connectivity index (χ0v) is 25.5. The highest BCUT2D eigenvalue weighted by molar-refractivity contribution is 5.64. The lowest BCUT2D eigenvalue weighted by atomic mass is 9.80. The molecule has 2 aromatic carbocycles. The molecule has 0 fully saturated rings. The highest BCUT2D eigenvalue weighted by Gasteiger charge is 2.30. The topological polar surface area (TPSA) is 123 Å². The van der Waals surface area contributed by atoms with Crippen molar-refractivity contribution in [3.8, 4) is 22.5 Å². The second kappa shape index (κ2) is 17.8. The fourth-order valence-corrected chi connectivity index (χ4v) is 5.38. The quantitative estimate of drug-likeness (QED) is 0.0916.